The normalized spacial score (nSPS) is 20.5. The van der Waals surface area contributed by atoms with Gasteiger partial charge in [-0.05, 0) is 18.4 Å². The minimum Gasteiger partial charge on any atom is -0.505 e. The molecule has 1 aliphatic rings. The summed E-state index contributed by atoms with van der Waals surface area (Å²) in [5.74, 6) is 0.950. The summed E-state index contributed by atoms with van der Waals surface area (Å²) in [5, 5.41) is 0. The highest BCUT2D eigenvalue weighted by atomic mass is 16.5. The Bertz CT molecular complexity index is 101. The molecule has 0 radical (unpaired) electrons. The van der Waals surface area contributed by atoms with Crippen LogP contribution in [0.2, 0.25) is 0 Å². The lowest BCUT2D eigenvalue weighted by molar-refractivity contribution is 0.335. The van der Waals surface area contributed by atoms with E-state index in [0.29, 0.717) is 0 Å². The van der Waals surface area contributed by atoms with E-state index in [4.69, 9.17) is 4.74 Å². The van der Waals surface area contributed by atoms with Gasteiger partial charge in [-0.1, -0.05) is 25.7 Å². The average molecular weight is 140 g/mol. The lowest BCUT2D eigenvalue weighted by atomic mass is 10.0. The average Bonchev–Trinajstić information content (AvgIpc) is 2.41. The van der Waals surface area contributed by atoms with Crippen LogP contribution in [0.4, 0.5) is 0 Å². The second-order valence-corrected chi connectivity index (χ2v) is 2.99. The fraction of sp³-hybridized carbons (Fsp3) is 0.778. The minimum absolute atomic E-state index is 0.950. The Labute approximate surface area is 63.1 Å². The molecule has 0 amide bonds. The summed E-state index contributed by atoms with van der Waals surface area (Å²) >= 11 is 0. The summed E-state index contributed by atoms with van der Waals surface area (Å²) in [5.41, 5.74) is 0. The molecular formula is C9H16O. The Balaban J connectivity index is 2.06. The molecule has 0 heterocycles. The maximum Gasteiger partial charge on any atom is 0.0784 e. The van der Waals surface area contributed by atoms with Crippen molar-refractivity contribution in [2.24, 2.45) is 5.92 Å². The molecule has 1 heteroatoms. The Kier molecular flexibility index (Phi) is 3.34. The van der Waals surface area contributed by atoms with Gasteiger partial charge in [-0.15, -0.1) is 0 Å². The zero-order valence-corrected chi connectivity index (χ0v) is 6.68. The Hall–Kier alpha value is -0.460. The molecule has 0 unspecified atom stereocenters. The molecule has 0 aliphatic heterocycles. The Morgan fingerprint density at radius 3 is 2.70 bits per heavy atom. The molecule has 1 saturated carbocycles. The van der Waals surface area contributed by atoms with Gasteiger partial charge in [0.2, 0.25) is 0 Å². The van der Waals surface area contributed by atoms with Crippen LogP contribution in [-0.4, -0.2) is 7.11 Å². The van der Waals surface area contributed by atoms with Gasteiger partial charge >= 0.3 is 0 Å². The van der Waals surface area contributed by atoms with Crippen molar-refractivity contribution in [3.63, 3.8) is 0 Å². The maximum atomic E-state index is 4.82. The first-order valence-corrected chi connectivity index (χ1v) is 4.11. The summed E-state index contributed by atoms with van der Waals surface area (Å²) in [6.45, 7) is 0. The molecule has 0 bridgehead atoms. The van der Waals surface area contributed by atoms with Crippen LogP contribution in [0.3, 0.4) is 0 Å². The van der Waals surface area contributed by atoms with E-state index in [-0.39, 0.29) is 0 Å². The van der Waals surface area contributed by atoms with Crippen molar-refractivity contribution in [3.05, 3.63) is 12.3 Å². The molecule has 0 N–H and O–H groups in total. The summed E-state index contributed by atoms with van der Waals surface area (Å²) in [6.07, 6.45) is 10.9. The topological polar surface area (TPSA) is 9.23 Å². The second kappa shape index (κ2) is 4.37. The molecule has 1 nitrogen and oxygen atoms in total. The number of allylic oxidation sites excluding steroid dienone is 1. The van der Waals surface area contributed by atoms with E-state index in [9.17, 15) is 0 Å². The zero-order chi connectivity index (χ0) is 7.23. The summed E-state index contributed by atoms with van der Waals surface area (Å²) in [4.78, 5) is 0. The van der Waals surface area contributed by atoms with Crippen LogP contribution in [0, 0.1) is 5.92 Å². The number of hydrogen-bond donors (Lipinski definition) is 0. The number of ether oxygens (including phenoxy) is 1. The van der Waals surface area contributed by atoms with Gasteiger partial charge in [-0.3, -0.25) is 0 Å². The zero-order valence-electron chi connectivity index (χ0n) is 6.68. The molecule has 0 aromatic rings. The van der Waals surface area contributed by atoms with Crippen LogP contribution >= 0.6 is 0 Å². The van der Waals surface area contributed by atoms with Gasteiger partial charge in [0.05, 0.1) is 13.4 Å². The molecular weight excluding hydrogens is 124 g/mol. The highest BCUT2D eigenvalue weighted by molar-refractivity contribution is 4.79. The summed E-state index contributed by atoms with van der Waals surface area (Å²) < 4.78 is 4.82. The van der Waals surface area contributed by atoms with E-state index in [1.807, 2.05) is 0 Å². The first-order valence-electron chi connectivity index (χ1n) is 4.11. The quantitative estimate of drug-likeness (QED) is 0.548. The third-order valence-corrected chi connectivity index (χ3v) is 2.18. The molecule has 10 heavy (non-hydrogen) atoms. The Morgan fingerprint density at radius 2 is 2.10 bits per heavy atom. The first-order chi connectivity index (χ1) is 4.93. The van der Waals surface area contributed by atoms with Crippen molar-refractivity contribution in [1.82, 2.24) is 0 Å². The van der Waals surface area contributed by atoms with Gasteiger partial charge in [0, 0.05) is 0 Å². The number of methoxy groups -OCH3 is 1. The predicted molar refractivity (Wildman–Crippen MR) is 42.7 cm³/mol. The van der Waals surface area contributed by atoms with Crippen LogP contribution in [-0.2, 0) is 4.74 Å². The third kappa shape index (κ3) is 2.42. The number of hydrogen-bond acceptors (Lipinski definition) is 1. The molecule has 1 rings (SSSR count). The van der Waals surface area contributed by atoms with E-state index in [1.54, 1.807) is 13.4 Å². The van der Waals surface area contributed by atoms with E-state index < -0.39 is 0 Å². The highest BCUT2D eigenvalue weighted by Crippen LogP contribution is 2.27. The molecule has 0 spiro atoms. The second-order valence-electron chi connectivity index (χ2n) is 2.99. The van der Waals surface area contributed by atoms with Gasteiger partial charge < -0.3 is 4.74 Å². The van der Waals surface area contributed by atoms with E-state index in [1.165, 1.54) is 32.1 Å². The van der Waals surface area contributed by atoms with Crippen LogP contribution < -0.4 is 0 Å². The Morgan fingerprint density at radius 1 is 1.40 bits per heavy atom. The fourth-order valence-electron chi connectivity index (χ4n) is 1.59. The van der Waals surface area contributed by atoms with Gasteiger partial charge in [0.1, 0.15) is 0 Å². The van der Waals surface area contributed by atoms with E-state index in [2.05, 4.69) is 6.08 Å². The SMILES string of the molecule is COC=CCC1CCCC1. The van der Waals surface area contributed by atoms with Crippen molar-refractivity contribution in [2.45, 2.75) is 32.1 Å². The van der Waals surface area contributed by atoms with Crippen LogP contribution in [0.25, 0.3) is 0 Å². The molecule has 0 aromatic heterocycles. The smallest absolute Gasteiger partial charge is 0.0784 e. The molecule has 1 aliphatic carbocycles. The monoisotopic (exact) mass is 140 g/mol. The minimum atomic E-state index is 0.950. The number of rotatable bonds is 3. The first kappa shape index (κ1) is 7.64. The van der Waals surface area contributed by atoms with Gasteiger partial charge in [0.15, 0.2) is 0 Å². The lowest BCUT2D eigenvalue weighted by Gasteiger charge is -2.02. The van der Waals surface area contributed by atoms with Crippen LogP contribution in [0.5, 0.6) is 0 Å². The van der Waals surface area contributed by atoms with Crippen molar-refractivity contribution < 1.29 is 4.74 Å². The van der Waals surface area contributed by atoms with Crippen LogP contribution in [0.15, 0.2) is 12.3 Å². The highest BCUT2D eigenvalue weighted by Gasteiger charge is 2.12. The summed E-state index contributed by atoms with van der Waals surface area (Å²) in [6, 6.07) is 0. The third-order valence-electron chi connectivity index (χ3n) is 2.18. The molecule has 0 atom stereocenters. The fourth-order valence-corrected chi connectivity index (χ4v) is 1.59. The maximum absolute atomic E-state index is 4.82. The molecule has 58 valence electrons. The van der Waals surface area contributed by atoms with Gasteiger partial charge in [-0.25, -0.2) is 0 Å². The molecule has 0 aromatic carbocycles. The lowest BCUT2D eigenvalue weighted by Crippen LogP contribution is -1.88. The van der Waals surface area contributed by atoms with Crippen LogP contribution in [0.1, 0.15) is 32.1 Å². The van der Waals surface area contributed by atoms with Crippen molar-refractivity contribution in [1.29, 1.82) is 0 Å². The van der Waals surface area contributed by atoms with Gasteiger partial charge in [-0.2, -0.15) is 0 Å². The predicted octanol–water partition coefficient (Wildman–Crippen LogP) is 2.73. The van der Waals surface area contributed by atoms with Crippen molar-refractivity contribution in [3.8, 4) is 0 Å². The van der Waals surface area contributed by atoms with Crippen molar-refractivity contribution in [2.75, 3.05) is 7.11 Å². The van der Waals surface area contributed by atoms with E-state index in [0.717, 1.165) is 5.92 Å². The molecule has 0 saturated heterocycles. The summed E-state index contributed by atoms with van der Waals surface area (Å²) in [7, 11) is 1.70. The van der Waals surface area contributed by atoms with Crippen molar-refractivity contribution >= 4 is 0 Å². The van der Waals surface area contributed by atoms with Gasteiger partial charge in [0.25, 0.3) is 0 Å². The standard InChI is InChI=1S/C9H16O/c1-10-8-4-7-9-5-2-3-6-9/h4,8-9H,2-3,5-7H2,1H3. The van der Waals surface area contributed by atoms with E-state index >= 15 is 0 Å². The molecule has 1 fully saturated rings. The largest absolute Gasteiger partial charge is 0.505 e.